The fraction of sp³-hybridized carbons (Fsp3) is 0.619. The van der Waals surface area contributed by atoms with Gasteiger partial charge in [0.25, 0.3) is 0 Å². The summed E-state index contributed by atoms with van der Waals surface area (Å²) in [6, 6.07) is 0.722. The second-order valence-corrected chi connectivity index (χ2v) is 8.62. The molecule has 3 heterocycles. The molecule has 2 aromatic rings. The van der Waals surface area contributed by atoms with E-state index in [1.165, 1.54) is 32.1 Å². The van der Waals surface area contributed by atoms with Crippen LogP contribution in [0.25, 0.3) is 16.7 Å². The van der Waals surface area contributed by atoms with E-state index in [1.54, 1.807) is 0 Å². The van der Waals surface area contributed by atoms with Gasteiger partial charge >= 0.3 is 0 Å². The summed E-state index contributed by atoms with van der Waals surface area (Å²) in [4.78, 5) is 10.7. The summed E-state index contributed by atoms with van der Waals surface area (Å²) in [6.45, 7) is 4.99. The van der Waals surface area contributed by atoms with Crippen molar-refractivity contribution >= 4 is 22.4 Å². The van der Waals surface area contributed by atoms with Crippen LogP contribution < -0.4 is 16.5 Å². The molecule has 0 bridgehead atoms. The zero-order valence-corrected chi connectivity index (χ0v) is 16.8. The number of nitrogens with zero attached hydrogens (tertiary/aromatic N) is 3. The summed E-state index contributed by atoms with van der Waals surface area (Å²) >= 11 is 0. The molecule has 2 saturated carbocycles. The first kappa shape index (κ1) is 17.9. The van der Waals surface area contributed by atoms with E-state index in [2.05, 4.69) is 30.7 Å². The van der Waals surface area contributed by atoms with Crippen LogP contribution in [0.1, 0.15) is 63.1 Å². The summed E-state index contributed by atoms with van der Waals surface area (Å²) in [6.07, 6.45) is 12.2. The Labute approximate surface area is 165 Å². The molecule has 7 heteroatoms. The highest BCUT2D eigenvalue weighted by Crippen LogP contribution is 2.43. The van der Waals surface area contributed by atoms with Crippen molar-refractivity contribution in [2.75, 3.05) is 5.32 Å². The smallest absolute Gasteiger partial charge is 0.160 e. The summed E-state index contributed by atoms with van der Waals surface area (Å²) < 4.78 is 1.99. The molecule has 2 fully saturated rings. The van der Waals surface area contributed by atoms with Crippen LogP contribution in [0.4, 0.5) is 5.69 Å². The van der Waals surface area contributed by atoms with Gasteiger partial charge in [0.2, 0.25) is 0 Å². The van der Waals surface area contributed by atoms with Crippen LogP contribution in [-0.4, -0.2) is 32.4 Å². The third-order valence-corrected chi connectivity index (χ3v) is 6.47. The molecule has 0 unspecified atom stereocenters. The number of fused-ring (bicyclic) bond motifs is 1. The highest BCUT2D eigenvalue weighted by atomic mass is 16.7. The van der Waals surface area contributed by atoms with E-state index in [-0.39, 0.29) is 11.6 Å². The molecule has 1 spiro atoms. The van der Waals surface area contributed by atoms with Crippen molar-refractivity contribution in [1.82, 2.24) is 20.2 Å². The number of hydroxylamine groups is 1. The van der Waals surface area contributed by atoms with Crippen LogP contribution in [-0.2, 0) is 11.4 Å². The van der Waals surface area contributed by atoms with Crippen LogP contribution in [0.3, 0.4) is 0 Å². The lowest BCUT2D eigenvalue weighted by Crippen LogP contribution is -2.51. The maximum Gasteiger partial charge on any atom is 0.160 e. The molecule has 2 aliphatic carbocycles. The minimum atomic E-state index is -0.255. The molecule has 2 aromatic heterocycles. The number of hydrogen-bond donors (Lipinski definition) is 3. The van der Waals surface area contributed by atoms with Crippen molar-refractivity contribution in [3.8, 4) is 0 Å². The molecular formula is C21H30N6O. The van der Waals surface area contributed by atoms with Crippen LogP contribution in [0.5, 0.6) is 0 Å². The van der Waals surface area contributed by atoms with Crippen LogP contribution in [0.2, 0.25) is 0 Å². The maximum absolute atomic E-state index is 6.01. The monoisotopic (exact) mass is 382 g/mol. The standard InChI is InChI=1S/C21H30N6O/c1-3-27-20-18(13(2)25-27)19(24-15-7-5-4-6-8-15)16(12-23-20)17-11-21(28-26-17)9-14(22)10-21/h11-12,14-15,26H,3-10,22H2,1-2H3,(H,23,24). The van der Waals surface area contributed by atoms with Crippen molar-refractivity contribution in [1.29, 1.82) is 0 Å². The minimum Gasteiger partial charge on any atom is -0.381 e. The Hall–Kier alpha value is -2.12. The zero-order chi connectivity index (χ0) is 19.3. The number of nitrogens with one attached hydrogen (secondary N) is 2. The average Bonchev–Trinajstić information content (AvgIpc) is 3.25. The Bertz CT molecular complexity index is 921. The van der Waals surface area contributed by atoms with Gasteiger partial charge in [-0.3, -0.25) is 10.3 Å². The lowest BCUT2D eigenvalue weighted by Gasteiger charge is -2.39. The summed E-state index contributed by atoms with van der Waals surface area (Å²) in [5, 5.41) is 9.71. The third kappa shape index (κ3) is 2.88. The van der Waals surface area contributed by atoms with Gasteiger partial charge in [0.05, 0.1) is 22.5 Å². The van der Waals surface area contributed by atoms with Gasteiger partial charge in [-0.2, -0.15) is 5.10 Å². The first-order valence-corrected chi connectivity index (χ1v) is 10.6. The number of hydrogen-bond acceptors (Lipinski definition) is 6. The predicted molar refractivity (Wildman–Crippen MR) is 111 cm³/mol. The summed E-state index contributed by atoms with van der Waals surface area (Å²) in [5.41, 5.74) is 14.1. The fourth-order valence-corrected chi connectivity index (χ4v) is 4.98. The number of rotatable bonds is 4. The molecule has 0 atom stereocenters. The van der Waals surface area contributed by atoms with E-state index in [0.717, 1.165) is 53.1 Å². The normalized spacial score (nSPS) is 27.7. The second kappa shape index (κ2) is 6.74. The molecule has 0 aromatic carbocycles. The van der Waals surface area contributed by atoms with Gasteiger partial charge in [-0.15, -0.1) is 0 Å². The van der Waals surface area contributed by atoms with Crippen LogP contribution in [0, 0.1) is 6.92 Å². The SMILES string of the molecule is CCn1nc(C)c2c(NC3CCCCC3)c(C3=CC4(CC(N)C4)ON3)cnc21. The van der Waals surface area contributed by atoms with Crippen molar-refractivity contribution in [3.05, 3.63) is 23.5 Å². The van der Waals surface area contributed by atoms with Gasteiger partial charge < -0.3 is 11.1 Å². The number of pyridine rings is 1. The number of nitrogens with two attached hydrogens (primary N) is 1. The van der Waals surface area contributed by atoms with Crippen molar-refractivity contribution in [2.45, 2.75) is 83.0 Å². The summed E-state index contributed by atoms with van der Waals surface area (Å²) in [7, 11) is 0. The molecule has 0 amide bonds. The molecule has 4 N–H and O–H groups in total. The first-order valence-electron chi connectivity index (χ1n) is 10.6. The minimum absolute atomic E-state index is 0.225. The molecule has 28 heavy (non-hydrogen) atoms. The number of aromatic nitrogens is 3. The molecule has 7 nitrogen and oxygen atoms in total. The Balaban J connectivity index is 1.60. The Morgan fingerprint density at radius 3 is 2.82 bits per heavy atom. The van der Waals surface area contributed by atoms with E-state index in [9.17, 15) is 0 Å². The molecule has 0 radical (unpaired) electrons. The third-order valence-electron chi connectivity index (χ3n) is 6.47. The van der Waals surface area contributed by atoms with E-state index < -0.39 is 0 Å². The van der Waals surface area contributed by atoms with E-state index in [4.69, 9.17) is 20.7 Å². The first-order chi connectivity index (χ1) is 13.6. The Morgan fingerprint density at radius 1 is 1.32 bits per heavy atom. The fourth-order valence-electron chi connectivity index (χ4n) is 4.98. The van der Waals surface area contributed by atoms with Gasteiger partial charge in [0.1, 0.15) is 5.60 Å². The van der Waals surface area contributed by atoms with Gasteiger partial charge in [-0.05, 0) is 45.6 Å². The number of anilines is 1. The quantitative estimate of drug-likeness (QED) is 0.752. The second-order valence-electron chi connectivity index (χ2n) is 8.62. The highest BCUT2D eigenvalue weighted by molar-refractivity contribution is 5.97. The van der Waals surface area contributed by atoms with E-state index in [1.807, 2.05) is 10.9 Å². The highest BCUT2D eigenvalue weighted by Gasteiger charge is 2.46. The molecule has 1 aliphatic heterocycles. The molecule has 5 rings (SSSR count). The predicted octanol–water partition coefficient (Wildman–Crippen LogP) is 3.24. The van der Waals surface area contributed by atoms with Crippen LogP contribution >= 0.6 is 0 Å². The van der Waals surface area contributed by atoms with Crippen molar-refractivity contribution in [2.24, 2.45) is 5.73 Å². The molecular weight excluding hydrogens is 352 g/mol. The van der Waals surface area contributed by atoms with Crippen LogP contribution in [0.15, 0.2) is 12.3 Å². The Morgan fingerprint density at radius 2 is 2.11 bits per heavy atom. The maximum atomic E-state index is 6.01. The van der Waals surface area contributed by atoms with E-state index >= 15 is 0 Å². The lowest BCUT2D eigenvalue weighted by molar-refractivity contribution is -0.0908. The van der Waals surface area contributed by atoms with Gasteiger partial charge in [-0.25, -0.2) is 9.67 Å². The topological polar surface area (TPSA) is 90.0 Å². The molecule has 150 valence electrons. The van der Waals surface area contributed by atoms with Gasteiger partial charge in [-0.1, -0.05) is 19.3 Å². The van der Waals surface area contributed by atoms with E-state index in [0.29, 0.717) is 6.04 Å². The number of aryl methyl sites for hydroxylation is 2. The average molecular weight is 383 g/mol. The van der Waals surface area contributed by atoms with Crippen molar-refractivity contribution in [3.63, 3.8) is 0 Å². The molecule has 0 saturated heterocycles. The van der Waals surface area contributed by atoms with Gasteiger partial charge in [0, 0.05) is 30.4 Å². The summed E-state index contributed by atoms with van der Waals surface area (Å²) in [5.74, 6) is 0. The zero-order valence-electron chi connectivity index (χ0n) is 16.8. The molecule has 3 aliphatic rings. The van der Waals surface area contributed by atoms with Crippen molar-refractivity contribution < 1.29 is 4.84 Å². The Kier molecular flexibility index (Phi) is 4.32. The largest absolute Gasteiger partial charge is 0.381 e. The van der Waals surface area contributed by atoms with Gasteiger partial charge in [0.15, 0.2) is 5.65 Å². The lowest BCUT2D eigenvalue weighted by atomic mass is 9.76.